The molecule has 5 atom stereocenters. The van der Waals surface area contributed by atoms with Gasteiger partial charge in [-0.15, -0.1) is 0 Å². The van der Waals surface area contributed by atoms with Gasteiger partial charge in [0.25, 0.3) is 0 Å². The standard InChI is InChI=1S/C19H35NO8Si/c1-11(21)20-15-17(27-13(3)23)16(26-12(2)22)14(28-18(15)24-7)10-25-29(8,9)19(4,5)6/h14-18H,10H2,1-9H3,(H,20,21)/t14?,15?,16-,17?,18-/m1/s1. The summed E-state index contributed by atoms with van der Waals surface area (Å²) in [5, 5.41) is 2.63. The summed E-state index contributed by atoms with van der Waals surface area (Å²) in [6.45, 7) is 14.5. The summed E-state index contributed by atoms with van der Waals surface area (Å²) in [5.41, 5.74) is 0. The lowest BCUT2D eigenvalue weighted by molar-refractivity contribution is -0.269. The second-order valence-electron chi connectivity index (χ2n) is 8.72. The highest BCUT2D eigenvalue weighted by Gasteiger charge is 2.51. The first-order valence-corrected chi connectivity index (χ1v) is 12.5. The van der Waals surface area contributed by atoms with E-state index in [0.29, 0.717) is 0 Å². The van der Waals surface area contributed by atoms with Crippen LogP contribution in [-0.4, -0.2) is 70.5 Å². The van der Waals surface area contributed by atoms with Gasteiger partial charge in [-0.3, -0.25) is 14.4 Å². The van der Waals surface area contributed by atoms with Gasteiger partial charge in [0.2, 0.25) is 5.91 Å². The highest BCUT2D eigenvalue weighted by atomic mass is 28.4. The Morgan fingerprint density at radius 3 is 1.93 bits per heavy atom. The van der Waals surface area contributed by atoms with E-state index in [1.54, 1.807) is 0 Å². The molecule has 1 aliphatic rings. The molecule has 0 bridgehead atoms. The lowest BCUT2D eigenvalue weighted by Gasteiger charge is -2.46. The number of carbonyl (C=O) groups excluding carboxylic acids is 3. The molecule has 0 aliphatic carbocycles. The van der Waals surface area contributed by atoms with Crippen LogP contribution in [0.1, 0.15) is 41.5 Å². The molecule has 0 saturated carbocycles. The molecular formula is C19H35NO8Si. The van der Waals surface area contributed by atoms with Gasteiger partial charge in [0, 0.05) is 27.9 Å². The average Bonchev–Trinajstić information content (AvgIpc) is 2.54. The van der Waals surface area contributed by atoms with Gasteiger partial charge in [-0.25, -0.2) is 0 Å². The number of rotatable bonds is 7. The maximum atomic E-state index is 11.8. The fraction of sp³-hybridized carbons (Fsp3) is 0.842. The largest absolute Gasteiger partial charge is 0.456 e. The normalized spacial score (nSPS) is 27.8. The molecule has 1 rings (SSSR count). The summed E-state index contributed by atoms with van der Waals surface area (Å²) in [6, 6.07) is -0.852. The molecule has 1 N–H and O–H groups in total. The lowest BCUT2D eigenvalue weighted by Crippen LogP contribution is -2.66. The highest BCUT2D eigenvalue weighted by molar-refractivity contribution is 6.74. The van der Waals surface area contributed by atoms with Gasteiger partial charge in [0.15, 0.2) is 26.8 Å². The first-order valence-electron chi connectivity index (χ1n) is 9.63. The van der Waals surface area contributed by atoms with Gasteiger partial charge in [0.05, 0.1) is 6.61 Å². The van der Waals surface area contributed by atoms with Crippen LogP contribution in [0.2, 0.25) is 18.1 Å². The predicted octanol–water partition coefficient (Wildman–Crippen LogP) is 1.75. The number of esters is 2. The van der Waals surface area contributed by atoms with Gasteiger partial charge in [-0.05, 0) is 18.1 Å². The van der Waals surface area contributed by atoms with E-state index in [0.717, 1.165) is 0 Å². The molecule has 0 aromatic carbocycles. The average molecular weight is 434 g/mol. The number of hydrogen-bond donors (Lipinski definition) is 1. The molecule has 1 saturated heterocycles. The topological polar surface area (TPSA) is 109 Å². The summed E-state index contributed by atoms with van der Waals surface area (Å²) < 4.78 is 28.5. The summed E-state index contributed by atoms with van der Waals surface area (Å²) in [6.07, 6.45) is -3.62. The van der Waals surface area contributed by atoms with E-state index in [2.05, 4.69) is 39.2 Å². The molecule has 1 amide bonds. The lowest BCUT2D eigenvalue weighted by atomic mass is 9.96. The Morgan fingerprint density at radius 1 is 1.00 bits per heavy atom. The quantitative estimate of drug-likeness (QED) is 0.478. The molecule has 1 fully saturated rings. The Kier molecular flexibility index (Phi) is 8.82. The van der Waals surface area contributed by atoms with Crippen LogP contribution in [0.25, 0.3) is 0 Å². The Hall–Kier alpha value is -1.49. The minimum atomic E-state index is -2.13. The zero-order valence-corrected chi connectivity index (χ0v) is 19.9. The van der Waals surface area contributed by atoms with Crippen LogP contribution in [0.4, 0.5) is 0 Å². The van der Waals surface area contributed by atoms with Crippen molar-refractivity contribution in [1.82, 2.24) is 5.32 Å². The summed E-state index contributed by atoms with van der Waals surface area (Å²) in [5.74, 6) is -1.51. The van der Waals surface area contributed by atoms with Crippen molar-refractivity contribution in [2.45, 2.75) is 90.3 Å². The van der Waals surface area contributed by atoms with Crippen molar-refractivity contribution in [2.24, 2.45) is 0 Å². The number of carbonyl (C=O) groups is 3. The van der Waals surface area contributed by atoms with E-state index in [1.807, 2.05) is 0 Å². The van der Waals surface area contributed by atoms with Crippen molar-refractivity contribution < 1.29 is 37.8 Å². The second-order valence-corrected chi connectivity index (χ2v) is 13.5. The van der Waals surface area contributed by atoms with Crippen LogP contribution in [0.15, 0.2) is 0 Å². The van der Waals surface area contributed by atoms with Crippen molar-refractivity contribution in [3.05, 3.63) is 0 Å². The first kappa shape index (κ1) is 25.5. The van der Waals surface area contributed by atoms with Crippen molar-refractivity contribution in [2.75, 3.05) is 13.7 Å². The molecule has 1 aliphatic heterocycles. The van der Waals surface area contributed by atoms with E-state index < -0.39 is 50.9 Å². The van der Waals surface area contributed by atoms with Crippen LogP contribution in [0, 0.1) is 0 Å². The summed E-state index contributed by atoms with van der Waals surface area (Å²) in [7, 11) is -0.708. The van der Waals surface area contributed by atoms with Crippen molar-refractivity contribution >= 4 is 26.2 Å². The smallest absolute Gasteiger partial charge is 0.303 e. The fourth-order valence-corrected chi connectivity index (χ4v) is 3.81. The third-order valence-corrected chi connectivity index (χ3v) is 9.77. The number of hydrogen-bond acceptors (Lipinski definition) is 8. The van der Waals surface area contributed by atoms with E-state index >= 15 is 0 Å². The van der Waals surface area contributed by atoms with Crippen LogP contribution in [-0.2, 0) is 37.8 Å². The Bertz CT molecular complexity index is 604. The molecule has 3 unspecified atom stereocenters. The Morgan fingerprint density at radius 2 is 1.52 bits per heavy atom. The minimum Gasteiger partial charge on any atom is -0.456 e. The monoisotopic (exact) mass is 433 g/mol. The Labute approximate surface area is 173 Å². The van der Waals surface area contributed by atoms with E-state index in [9.17, 15) is 14.4 Å². The molecule has 29 heavy (non-hydrogen) atoms. The predicted molar refractivity (Wildman–Crippen MR) is 108 cm³/mol. The third kappa shape index (κ3) is 7.05. The maximum absolute atomic E-state index is 11.8. The first-order chi connectivity index (χ1) is 13.2. The molecule has 1 heterocycles. The molecule has 0 spiro atoms. The van der Waals surface area contributed by atoms with Crippen molar-refractivity contribution in [1.29, 1.82) is 0 Å². The number of nitrogens with one attached hydrogen (secondary N) is 1. The molecule has 10 heteroatoms. The van der Waals surface area contributed by atoms with Gasteiger partial charge in [0.1, 0.15) is 12.1 Å². The highest BCUT2D eigenvalue weighted by Crippen LogP contribution is 2.37. The molecule has 0 aromatic heterocycles. The van der Waals surface area contributed by atoms with Crippen LogP contribution < -0.4 is 5.32 Å². The molecule has 0 aromatic rings. The second kappa shape index (κ2) is 10.0. The van der Waals surface area contributed by atoms with Crippen LogP contribution in [0.3, 0.4) is 0 Å². The number of ether oxygens (including phenoxy) is 4. The zero-order valence-electron chi connectivity index (χ0n) is 18.9. The van der Waals surface area contributed by atoms with E-state index in [4.69, 9.17) is 23.4 Å². The zero-order chi connectivity index (χ0) is 22.6. The summed E-state index contributed by atoms with van der Waals surface area (Å²) >= 11 is 0. The van der Waals surface area contributed by atoms with Crippen LogP contribution >= 0.6 is 0 Å². The van der Waals surface area contributed by atoms with Gasteiger partial charge in [-0.2, -0.15) is 0 Å². The minimum absolute atomic E-state index is 0.0345. The molecule has 9 nitrogen and oxygen atoms in total. The van der Waals surface area contributed by atoms with Gasteiger partial charge < -0.3 is 28.7 Å². The van der Waals surface area contributed by atoms with Crippen molar-refractivity contribution in [3.63, 3.8) is 0 Å². The van der Waals surface area contributed by atoms with Gasteiger partial charge in [-0.1, -0.05) is 20.8 Å². The molecule has 0 radical (unpaired) electrons. The number of amides is 1. The van der Waals surface area contributed by atoms with Gasteiger partial charge >= 0.3 is 11.9 Å². The van der Waals surface area contributed by atoms with E-state index in [1.165, 1.54) is 27.9 Å². The maximum Gasteiger partial charge on any atom is 0.303 e. The SMILES string of the molecule is CO[C@@H]1OC(CO[Si](C)(C)C(C)(C)C)[C@@H](OC(C)=O)C(OC(C)=O)C1NC(C)=O. The molecule has 168 valence electrons. The van der Waals surface area contributed by atoms with E-state index in [-0.39, 0.29) is 17.6 Å². The fourth-order valence-electron chi connectivity index (χ4n) is 2.80. The summed E-state index contributed by atoms with van der Waals surface area (Å²) in [4.78, 5) is 35.2. The number of methoxy groups -OCH3 is 1. The third-order valence-electron chi connectivity index (χ3n) is 5.27. The Balaban J connectivity index is 3.23. The van der Waals surface area contributed by atoms with Crippen molar-refractivity contribution in [3.8, 4) is 0 Å². The van der Waals surface area contributed by atoms with Crippen LogP contribution in [0.5, 0.6) is 0 Å². The molecular weight excluding hydrogens is 398 g/mol.